The standard InChI is InChI=1S/C16H21FN2O3/c1-12(20)19(15-4-2-14(17)3-5-15)9-8-18-16(21)13-6-10-22-11-7-13/h2-5,13H,6-11H2,1H3,(H,18,21). The average molecular weight is 308 g/mol. The van der Waals surface area contributed by atoms with Gasteiger partial charge in [-0.05, 0) is 37.1 Å². The maximum Gasteiger partial charge on any atom is 0.223 e. The van der Waals surface area contributed by atoms with Gasteiger partial charge in [-0.1, -0.05) is 0 Å². The van der Waals surface area contributed by atoms with Crippen molar-refractivity contribution >= 4 is 17.5 Å². The Morgan fingerprint density at radius 1 is 1.27 bits per heavy atom. The van der Waals surface area contributed by atoms with Crippen molar-refractivity contribution in [2.45, 2.75) is 19.8 Å². The quantitative estimate of drug-likeness (QED) is 0.901. The number of anilines is 1. The van der Waals surface area contributed by atoms with Crippen LogP contribution >= 0.6 is 0 Å². The third-order valence-corrected chi connectivity index (χ3v) is 3.75. The molecule has 1 aliphatic heterocycles. The Hall–Kier alpha value is -1.95. The summed E-state index contributed by atoms with van der Waals surface area (Å²) in [6.45, 7) is 3.41. The molecule has 0 aromatic heterocycles. The molecule has 0 saturated carbocycles. The molecule has 1 aromatic rings. The zero-order valence-corrected chi connectivity index (χ0v) is 12.7. The predicted molar refractivity (Wildman–Crippen MR) is 81.0 cm³/mol. The molecular weight excluding hydrogens is 287 g/mol. The van der Waals surface area contributed by atoms with E-state index in [2.05, 4.69) is 5.32 Å². The van der Waals surface area contributed by atoms with Gasteiger partial charge in [0, 0.05) is 44.8 Å². The smallest absolute Gasteiger partial charge is 0.223 e. The SMILES string of the molecule is CC(=O)N(CCNC(=O)C1CCOCC1)c1ccc(F)cc1. The molecule has 1 heterocycles. The highest BCUT2D eigenvalue weighted by molar-refractivity contribution is 5.91. The number of ether oxygens (including phenoxy) is 1. The molecule has 5 nitrogen and oxygen atoms in total. The minimum absolute atomic E-state index is 0.00547. The first kappa shape index (κ1) is 16.4. The highest BCUT2D eigenvalue weighted by Gasteiger charge is 2.21. The van der Waals surface area contributed by atoms with E-state index in [-0.39, 0.29) is 23.5 Å². The van der Waals surface area contributed by atoms with E-state index >= 15 is 0 Å². The Morgan fingerprint density at radius 3 is 2.50 bits per heavy atom. The van der Waals surface area contributed by atoms with Crippen molar-refractivity contribution in [3.05, 3.63) is 30.1 Å². The molecule has 0 aliphatic carbocycles. The minimum Gasteiger partial charge on any atom is -0.381 e. The highest BCUT2D eigenvalue weighted by atomic mass is 19.1. The molecule has 2 amide bonds. The number of carbonyl (C=O) groups excluding carboxylic acids is 2. The second-order valence-corrected chi connectivity index (χ2v) is 5.32. The number of nitrogens with zero attached hydrogens (tertiary/aromatic N) is 1. The number of hydrogen-bond acceptors (Lipinski definition) is 3. The molecule has 0 spiro atoms. The van der Waals surface area contributed by atoms with Crippen LogP contribution in [0.1, 0.15) is 19.8 Å². The van der Waals surface area contributed by atoms with Gasteiger partial charge in [0.2, 0.25) is 11.8 Å². The molecule has 2 rings (SSSR count). The first-order valence-corrected chi connectivity index (χ1v) is 7.47. The van der Waals surface area contributed by atoms with Crippen LogP contribution in [0, 0.1) is 11.7 Å². The van der Waals surface area contributed by atoms with E-state index < -0.39 is 0 Å². The van der Waals surface area contributed by atoms with E-state index in [0.717, 1.165) is 12.8 Å². The summed E-state index contributed by atoms with van der Waals surface area (Å²) in [5, 5.41) is 2.86. The molecule has 120 valence electrons. The molecule has 0 bridgehead atoms. The number of rotatable bonds is 5. The molecule has 1 fully saturated rings. The third kappa shape index (κ3) is 4.53. The van der Waals surface area contributed by atoms with Gasteiger partial charge in [-0.3, -0.25) is 9.59 Å². The van der Waals surface area contributed by atoms with Gasteiger partial charge in [-0.2, -0.15) is 0 Å². The number of benzene rings is 1. The molecule has 1 aliphatic rings. The fourth-order valence-corrected chi connectivity index (χ4v) is 2.48. The van der Waals surface area contributed by atoms with Gasteiger partial charge in [-0.15, -0.1) is 0 Å². The van der Waals surface area contributed by atoms with Crippen molar-refractivity contribution in [3.8, 4) is 0 Å². The lowest BCUT2D eigenvalue weighted by Crippen LogP contribution is -2.40. The monoisotopic (exact) mass is 308 g/mol. The van der Waals surface area contributed by atoms with Gasteiger partial charge in [-0.25, -0.2) is 4.39 Å². The largest absolute Gasteiger partial charge is 0.381 e. The van der Waals surface area contributed by atoms with Gasteiger partial charge in [0.05, 0.1) is 0 Å². The van der Waals surface area contributed by atoms with E-state index in [1.165, 1.54) is 24.0 Å². The number of nitrogens with one attached hydrogen (secondary N) is 1. The van der Waals surface area contributed by atoms with Crippen LogP contribution in [0.15, 0.2) is 24.3 Å². The summed E-state index contributed by atoms with van der Waals surface area (Å²) in [4.78, 5) is 25.2. The molecule has 1 saturated heterocycles. The fraction of sp³-hybridized carbons (Fsp3) is 0.500. The summed E-state index contributed by atoms with van der Waals surface area (Å²) in [5.41, 5.74) is 0.620. The first-order chi connectivity index (χ1) is 10.6. The molecule has 6 heteroatoms. The minimum atomic E-state index is -0.347. The normalized spacial score (nSPS) is 15.4. The van der Waals surface area contributed by atoms with Crippen molar-refractivity contribution in [3.63, 3.8) is 0 Å². The maximum absolute atomic E-state index is 12.9. The van der Waals surface area contributed by atoms with Gasteiger partial charge in [0.25, 0.3) is 0 Å². The summed E-state index contributed by atoms with van der Waals surface area (Å²) >= 11 is 0. The molecule has 0 radical (unpaired) electrons. The zero-order chi connectivity index (χ0) is 15.9. The second kappa shape index (κ2) is 7.89. The van der Waals surface area contributed by atoms with Gasteiger partial charge >= 0.3 is 0 Å². The Bertz CT molecular complexity index is 513. The van der Waals surface area contributed by atoms with Crippen molar-refractivity contribution < 1.29 is 18.7 Å². The summed E-state index contributed by atoms with van der Waals surface area (Å²) in [5.74, 6) is -0.497. The van der Waals surface area contributed by atoms with Gasteiger partial charge < -0.3 is 15.0 Å². The molecule has 1 N–H and O–H groups in total. The Labute approximate surface area is 129 Å². The molecule has 0 atom stereocenters. The van der Waals surface area contributed by atoms with Crippen LogP contribution < -0.4 is 10.2 Å². The maximum atomic E-state index is 12.9. The van der Waals surface area contributed by atoms with Crippen molar-refractivity contribution in [1.82, 2.24) is 5.32 Å². The first-order valence-electron chi connectivity index (χ1n) is 7.47. The molecule has 0 unspecified atom stereocenters. The van der Waals surface area contributed by atoms with Crippen LogP contribution in [0.4, 0.5) is 10.1 Å². The summed E-state index contributed by atoms with van der Waals surface area (Å²) in [7, 11) is 0. The number of halogens is 1. The van der Waals surface area contributed by atoms with Crippen LogP contribution in [0.3, 0.4) is 0 Å². The van der Waals surface area contributed by atoms with E-state index in [4.69, 9.17) is 4.74 Å². The van der Waals surface area contributed by atoms with Gasteiger partial charge in [0.15, 0.2) is 0 Å². The van der Waals surface area contributed by atoms with Crippen LogP contribution in [0.25, 0.3) is 0 Å². The topological polar surface area (TPSA) is 58.6 Å². The van der Waals surface area contributed by atoms with Crippen molar-refractivity contribution in [2.75, 3.05) is 31.2 Å². The fourth-order valence-electron chi connectivity index (χ4n) is 2.48. The molecule has 22 heavy (non-hydrogen) atoms. The van der Waals surface area contributed by atoms with E-state index in [0.29, 0.717) is 32.0 Å². The van der Waals surface area contributed by atoms with Crippen molar-refractivity contribution in [2.24, 2.45) is 5.92 Å². The highest BCUT2D eigenvalue weighted by Crippen LogP contribution is 2.16. The Kier molecular flexibility index (Phi) is 5.89. The summed E-state index contributed by atoms with van der Waals surface area (Å²) in [6.07, 6.45) is 1.47. The lowest BCUT2D eigenvalue weighted by molar-refractivity contribution is -0.127. The number of carbonyl (C=O) groups is 2. The van der Waals surface area contributed by atoms with Gasteiger partial charge in [0.1, 0.15) is 5.82 Å². The summed E-state index contributed by atoms with van der Waals surface area (Å²) in [6, 6.07) is 5.73. The second-order valence-electron chi connectivity index (χ2n) is 5.32. The van der Waals surface area contributed by atoms with Crippen LogP contribution in [0.5, 0.6) is 0 Å². The van der Waals surface area contributed by atoms with E-state index in [1.54, 1.807) is 12.1 Å². The molecule has 1 aromatic carbocycles. The lowest BCUT2D eigenvalue weighted by Gasteiger charge is -2.24. The average Bonchev–Trinajstić information content (AvgIpc) is 2.53. The predicted octanol–water partition coefficient (Wildman–Crippen LogP) is 1.72. The van der Waals surface area contributed by atoms with Crippen LogP contribution in [0.2, 0.25) is 0 Å². The van der Waals surface area contributed by atoms with E-state index in [9.17, 15) is 14.0 Å². The molecular formula is C16H21FN2O3. The third-order valence-electron chi connectivity index (χ3n) is 3.75. The van der Waals surface area contributed by atoms with E-state index in [1.807, 2.05) is 0 Å². The number of hydrogen-bond donors (Lipinski definition) is 1. The Balaban J connectivity index is 1.85. The lowest BCUT2D eigenvalue weighted by atomic mass is 9.99. The van der Waals surface area contributed by atoms with Crippen LogP contribution in [-0.4, -0.2) is 38.1 Å². The zero-order valence-electron chi connectivity index (χ0n) is 12.7. The van der Waals surface area contributed by atoms with Crippen LogP contribution in [-0.2, 0) is 14.3 Å². The Morgan fingerprint density at radius 2 is 1.91 bits per heavy atom. The number of amides is 2. The summed E-state index contributed by atoms with van der Waals surface area (Å²) < 4.78 is 18.2. The van der Waals surface area contributed by atoms with Crippen molar-refractivity contribution in [1.29, 1.82) is 0 Å².